The van der Waals surface area contributed by atoms with E-state index in [2.05, 4.69) is 15.3 Å². The molecule has 2 aromatic heterocycles. The number of H-pyrrole nitrogens is 1. The van der Waals surface area contributed by atoms with Crippen LogP contribution in [0.1, 0.15) is 61.5 Å². The van der Waals surface area contributed by atoms with Gasteiger partial charge in [-0.15, -0.1) is 0 Å². The van der Waals surface area contributed by atoms with Crippen LogP contribution in [0.25, 0.3) is 22.2 Å². The summed E-state index contributed by atoms with van der Waals surface area (Å²) >= 11 is 0. The second-order valence-corrected chi connectivity index (χ2v) is 10.7. The molecule has 2 aliphatic carbocycles. The molecule has 1 aromatic carbocycles. The van der Waals surface area contributed by atoms with Crippen LogP contribution in [0.2, 0.25) is 0 Å². The first kappa shape index (κ1) is 25.3. The number of aryl methyl sites for hydroxylation is 1. The smallest absolute Gasteiger partial charge is 0.407 e. The van der Waals surface area contributed by atoms with E-state index < -0.39 is 6.09 Å². The molecule has 10 nitrogen and oxygen atoms in total. The summed E-state index contributed by atoms with van der Waals surface area (Å²) in [4.78, 5) is 34.5. The van der Waals surface area contributed by atoms with Gasteiger partial charge in [0.2, 0.25) is 6.79 Å². The van der Waals surface area contributed by atoms with Gasteiger partial charge in [0.25, 0.3) is 5.91 Å². The van der Waals surface area contributed by atoms with Crippen LogP contribution < -0.4 is 19.5 Å². The number of nitrogens with zero attached hydrogens (tertiary/aromatic N) is 2. The fraction of sp³-hybridized carbons (Fsp3) is 0.483. The molecule has 0 bridgehead atoms. The van der Waals surface area contributed by atoms with Gasteiger partial charge in [-0.05, 0) is 76.5 Å². The third-order valence-corrected chi connectivity index (χ3v) is 8.10. The summed E-state index contributed by atoms with van der Waals surface area (Å²) in [5.41, 5.74) is 4.20. The molecule has 3 aromatic rings. The molecule has 2 amide bonds. The lowest BCUT2D eigenvalue weighted by atomic mass is 9.90. The SMILES string of the molecule is CCN(C(=O)O)C1CCC(NC(=O)c2c(C)[nH]c3c(-c4c(OCC5CC5)ccc5c4OCO5)ccnc23)CC1. The predicted octanol–water partition coefficient (Wildman–Crippen LogP) is 5.10. The Morgan fingerprint density at radius 2 is 1.95 bits per heavy atom. The van der Waals surface area contributed by atoms with Crippen molar-refractivity contribution in [2.45, 2.75) is 64.5 Å². The van der Waals surface area contributed by atoms with Gasteiger partial charge in [0.05, 0.1) is 23.3 Å². The molecule has 1 aliphatic heterocycles. The monoisotopic (exact) mass is 534 g/mol. The highest BCUT2D eigenvalue weighted by atomic mass is 16.7. The van der Waals surface area contributed by atoms with E-state index in [1.54, 1.807) is 6.20 Å². The number of pyridine rings is 1. The average molecular weight is 535 g/mol. The number of aromatic amines is 1. The topological polar surface area (TPSA) is 126 Å². The summed E-state index contributed by atoms with van der Waals surface area (Å²) in [6, 6.07) is 5.68. The first-order valence-corrected chi connectivity index (χ1v) is 13.8. The number of carboxylic acid groups (broad SMARTS) is 1. The third kappa shape index (κ3) is 4.84. The van der Waals surface area contributed by atoms with Crippen LogP contribution in [0, 0.1) is 12.8 Å². The Labute approximate surface area is 226 Å². The Bertz CT molecular complexity index is 1410. The van der Waals surface area contributed by atoms with Crippen molar-refractivity contribution in [3.8, 4) is 28.4 Å². The van der Waals surface area contributed by atoms with Crippen molar-refractivity contribution < 1.29 is 28.9 Å². The van der Waals surface area contributed by atoms with Crippen molar-refractivity contribution in [1.29, 1.82) is 0 Å². The quantitative estimate of drug-likeness (QED) is 0.367. The van der Waals surface area contributed by atoms with Crippen molar-refractivity contribution in [3.05, 3.63) is 35.7 Å². The third-order valence-electron chi connectivity index (χ3n) is 8.10. The second-order valence-electron chi connectivity index (χ2n) is 10.7. The molecule has 0 atom stereocenters. The molecular formula is C29H34N4O6. The van der Waals surface area contributed by atoms with Crippen LogP contribution in [0.5, 0.6) is 17.2 Å². The van der Waals surface area contributed by atoms with E-state index in [0.717, 1.165) is 53.8 Å². The maximum Gasteiger partial charge on any atom is 0.407 e. The molecule has 3 N–H and O–H groups in total. The maximum absolute atomic E-state index is 13.5. The van der Waals surface area contributed by atoms with Crippen molar-refractivity contribution in [3.63, 3.8) is 0 Å². The number of hydrogen-bond acceptors (Lipinski definition) is 6. The zero-order chi connectivity index (χ0) is 27.1. The van der Waals surface area contributed by atoms with Crippen molar-refractivity contribution in [2.24, 2.45) is 5.92 Å². The molecular weight excluding hydrogens is 500 g/mol. The van der Waals surface area contributed by atoms with E-state index in [9.17, 15) is 14.7 Å². The van der Waals surface area contributed by atoms with E-state index in [-0.39, 0.29) is 24.8 Å². The van der Waals surface area contributed by atoms with E-state index >= 15 is 0 Å². The Morgan fingerprint density at radius 1 is 1.15 bits per heavy atom. The molecule has 0 spiro atoms. The number of nitrogens with one attached hydrogen (secondary N) is 2. The fourth-order valence-corrected chi connectivity index (χ4v) is 5.85. The molecule has 3 heterocycles. The fourth-order valence-electron chi connectivity index (χ4n) is 5.85. The Hall–Kier alpha value is -3.95. The van der Waals surface area contributed by atoms with Gasteiger partial charge < -0.3 is 34.5 Å². The highest BCUT2D eigenvalue weighted by Crippen LogP contribution is 2.49. The number of fused-ring (bicyclic) bond motifs is 2. The molecule has 0 radical (unpaired) electrons. The number of carbonyl (C=O) groups is 2. The molecule has 0 unspecified atom stereocenters. The Balaban J connectivity index is 1.27. The first-order chi connectivity index (χ1) is 18.9. The number of hydrogen-bond donors (Lipinski definition) is 3. The summed E-state index contributed by atoms with van der Waals surface area (Å²) in [5, 5.41) is 12.6. The van der Waals surface area contributed by atoms with Crippen LogP contribution in [0.15, 0.2) is 24.4 Å². The van der Waals surface area contributed by atoms with Crippen LogP contribution in [0.4, 0.5) is 4.79 Å². The van der Waals surface area contributed by atoms with E-state index in [1.807, 2.05) is 32.0 Å². The molecule has 6 rings (SSSR count). The predicted molar refractivity (Wildman–Crippen MR) is 145 cm³/mol. The first-order valence-electron chi connectivity index (χ1n) is 13.8. The van der Waals surface area contributed by atoms with E-state index in [0.29, 0.717) is 41.6 Å². The van der Waals surface area contributed by atoms with Gasteiger partial charge in [0, 0.05) is 36.1 Å². The number of rotatable bonds is 8. The Morgan fingerprint density at radius 3 is 2.67 bits per heavy atom. The van der Waals surface area contributed by atoms with Gasteiger partial charge in [-0.1, -0.05) is 0 Å². The van der Waals surface area contributed by atoms with Gasteiger partial charge >= 0.3 is 6.09 Å². The minimum Gasteiger partial charge on any atom is -0.493 e. The zero-order valence-corrected chi connectivity index (χ0v) is 22.3. The van der Waals surface area contributed by atoms with E-state index in [4.69, 9.17) is 14.2 Å². The van der Waals surface area contributed by atoms with E-state index in [1.165, 1.54) is 17.7 Å². The van der Waals surface area contributed by atoms with Gasteiger partial charge in [0.1, 0.15) is 11.3 Å². The summed E-state index contributed by atoms with van der Waals surface area (Å²) in [5.74, 6) is 2.42. The lowest BCUT2D eigenvalue weighted by Crippen LogP contribution is -2.45. The molecule has 0 saturated heterocycles. The number of benzene rings is 1. The summed E-state index contributed by atoms with van der Waals surface area (Å²) in [6.07, 6.45) is 6.11. The van der Waals surface area contributed by atoms with Crippen LogP contribution in [0.3, 0.4) is 0 Å². The summed E-state index contributed by atoms with van der Waals surface area (Å²) < 4.78 is 17.8. The number of ether oxygens (including phenoxy) is 3. The highest BCUT2D eigenvalue weighted by Gasteiger charge is 2.31. The number of carbonyl (C=O) groups excluding carboxylic acids is 1. The van der Waals surface area contributed by atoms with Crippen molar-refractivity contribution in [1.82, 2.24) is 20.2 Å². The summed E-state index contributed by atoms with van der Waals surface area (Å²) in [6.45, 7) is 5.00. The van der Waals surface area contributed by atoms with Crippen molar-refractivity contribution in [2.75, 3.05) is 19.9 Å². The van der Waals surface area contributed by atoms with Crippen LogP contribution >= 0.6 is 0 Å². The average Bonchev–Trinajstić information content (AvgIpc) is 3.51. The lowest BCUT2D eigenvalue weighted by Gasteiger charge is -2.35. The zero-order valence-electron chi connectivity index (χ0n) is 22.3. The molecule has 39 heavy (non-hydrogen) atoms. The number of aromatic nitrogens is 2. The minimum atomic E-state index is -0.886. The maximum atomic E-state index is 13.5. The summed E-state index contributed by atoms with van der Waals surface area (Å²) in [7, 11) is 0. The Kier molecular flexibility index (Phi) is 6.70. The van der Waals surface area contributed by atoms with Crippen LogP contribution in [-0.4, -0.2) is 64.0 Å². The molecule has 10 heteroatoms. The van der Waals surface area contributed by atoms with Gasteiger partial charge in [0.15, 0.2) is 11.5 Å². The highest BCUT2D eigenvalue weighted by molar-refractivity contribution is 6.10. The number of amides is 2. The van der Waals surface area contributed by atoms with Gasteiger partial charge in [-0.2, -0.15) is 0 Å². The van der Waals surface area contributed by atoms with Gasteiger partial charge in [-0.25, -0.2) is 4.79 Å². The molecule has 3 aliphatic rings. The van der Waals surface area contributed by atoms with Crippen molar-refractivity contribution >= 4 is 23.0 Å². The molecule has 2 fully saturated rings. The largest absolute Gasteiger partial charge is 0.493 e. The minimum absolute atomic E-state index is 0.00479. The second kappa shape index (κ2) is 10.3. The standard InChI is InChI=1S/C29H34N4O6/c1-3-33(29(35)36)19-8-6-18(7-9-19)32-28(34)23-16(2)31-25-20(12-13-30-26(23)25)24-21(37-14-17-4-5-17)10-11-22-27(24)39-15-38-22/h10-13,17-19,31H,3-9,14-15H2,1-2H3,(H,32,34)(H,35,36). The van der Waals surface area contributed by atoms with Crippen LogP contribution in [-0.2, 0) is 0 Å². The lowest BCUT2D eigenvalue weighted by molar-refractivity contribution is 0.0887. The molecule has 2 saturated carbocycles. The van der Waals surface area contributed by atoms with Gasteiger partial charge in [-0.3, -0.25) is 9.78 Å². The molecule has 206 valence electrons. The normalized spacial score (nSPS) is 20.2.